The summed E-state index contributed by atoms with van der Waals surface area (Å²) in [7, 11) is 0. The lowest BCUT2D eigenvalue weighted by Crippen LogP contribution is -2.31. The maximum absolute atomic E-state index is 11.9. The summed E-state index contributed by atoms with van der Waals surface area (Å²) in [5, 5.41) is 2.79. The molecular weight excluding hydrogens is 228 g/mol. The maximum Gasteiger partial charge on any atom is 0.261 e. The highest BCUT2D eigenvalue weighted by Gasteiger charge is 2.16. The minimum atomic E-state index is -0.260. The van der Waals surface area contributed by atoms with Gasteiger partial charge in [0.25, 0.3) is 11.5 Å². The first-order valence-electron chi connectivity index (χ1n) is 6.75. The van der Waals surface area contributed by atoms with Gasteiger partial charge in [0.1, 0.15) is 5.56 Å². The molecule has 98 valence electrons. The van der Waals surface area contributed by atoms with Crippen LogP contribution in [0.2, 0.25) is 0 Å². The van der Waals surface area contributed by atoms with E-state index in [4.69, 9.17) is 0 Å². The molecule has 0 saturated carbocycles. The number of amides is 1. The lowest BCUT2D eigenvalue weighted by molar-refractivity contribution is 0.0951. The van der Waals surface area contributed by atoms with Gasteiger partial charge >= 0.3 is 0 Å². The van der Waals surface area contributed by atoms with Gasteiger partial charge in [0.05, 0.1) is 0 Å². The van der Waals surface area contributed by atoms with E-state index in [1.807, 2.05) is 0 Å². The predicted molar refractivity (Wildman–Crippen MR) is 70.9 cm³/mol. The number of H-pyrrole nitrogens is 1. The number of nitrogens with one attached hydrogen (secondary N) is 2. The SMILES string of the molecule is CCCCNC(=O)c1cc2c([nH]c1=O)CCCC2. The minimum absolute atomic E-state index is 0.252. The summed E-state index contributed by atoms with van der Waals surface area (Å²) >= 11 is 0. The average Bonchev–Trinajstić information content (AvgIpc) is 2.38. The molecule has 0 aromatic carbocycles. The second kappa shape index (κ2) is 5.85. The van der Waals surface area contributed by atoms with Crippen LogP contribution in [-0.2, 0) is 12.8 Å². The predicted octanol–water partition coefficient (Wildman–Crippen LogP) is 1.78. The zero-order chi connectivity index (χ0) is 13.0. The highest BCUT2D eigenvalue weighted by Crippen LogP contribution is 2.18. The van der Waals surface area contributed by atoms with Crippen molar-refractivity contribution in [2.45, 2.75) is 45.4 Å². The van der Waals surface area contributed by atoms with Crippen molar-refractivity contribution in [3.63, 3.8) is 0 Å². The molecule has 0 radical (unpaired) electrons. The lowest BCUT2D eigenvalue weighted by Gasteiger charge is -2.15. The van der Waals surface area contributed by atoms with Gasteiger partial charge in [0, 0.05) is 12.2 Å². The lowest BCUT2D eigenvalue weighted by atomic mass is 9.95. The molecule has 0 fully saturated rings. The highest BCUT2D eigenvalue weighted by molar-refractivity contribution is 5.94. The third-order valence-corrected chi connectivity index (χ3v) is 3.40. The number of rotatable bonds is 4. The van der Waals surface area contributed by atoms with Crippen LogP contribution < -0.4 is 10.9 Å². The van der Waals surface area contributed by atoms with Crippen molar-refractivity contribution < 1.29 is 4.79 Å². The third-order valence-electron chi connectivity index (χ3n) is 3.40. The molecule has 0 atom stereocenters. The van der Waals surface area contributed by atoms with Crippen molar-refractivity contribution in [1.82, 2.24) is 10.3 Å². The largest absolute Gasteiger partial charge is 0.352 e. The summed E-state index contributed by atoms with van der Waals surface area (Å²) < 4.78 is 0. The number of carbonyl (C=O) groups is 1. The van der Waals surface area contributed by atoms with Crippen molar-refractivity contribution in [1.29, 1.82) is 0 Å². The van der Waals surface area contributed by atoms with Crippen LogP contribution in [0.3, 0.4) is 0 Å². The smallest absolute Gasteiger partial charge is 0.261 e. The number of fused-ring (bicyclic) bond motifs is 1. The number of aromatic nitrogens is 1. The van der Waals surface area contributed by atoms with E-state index in [9.17, 15) is 9.59 Å². The van der Waals surface area contributed by atoms with Crippen LogP contribution in [0, 0.1) is 0 Å². The molecule has 0 aliphatic heterocycles. The monoisotopic (exact) mass is 248 g/mol. The van der Waals surface area contributed by atoms with Crippen LogP contribution in [-0.4, -0.2) is 17.4 Å². The Labute approximate surface area is 107 Å². The van der Waals surface area contributed by atoms with E-state index in [0.717, 1.165) is 49.8 Å². The summed E-state index contributed by atoms with van der Waals surface area (Å²) in [5.74, 6) is -0.252. The van der Waals surface area contributed by atoms with Gasteiger partial charge < -0.3 is 10.3 Å². The second-order valence-electron chi connectivity index (χ2n) is 4.83. The molecule has 1 heterocycles. The molecule has 1 amide bonds. The fourth-order valence-electron chi connectivity index (χ4n) is 2.32. The molecule has 1 aliphatic rings. The molecule has 1 aromatic heterocycles. The number of carbonyl (C=O) groups excluding carboxylic acids is 1. The molecule has 1 aromatic rings. The van der Waals surface area contributed by atoms with E-state index in [1.165, 1.54) is 0 Å². The van der Waals surface area contributed by atoms with Crippen molar-refractivity contribution in [3.05, 3.63) is 33.2 Å². The molecule has 4 heteroatoms. The summed E-state index contributed by atoms with van der Waals surface area (Å²) in [5.41, 5.74) is 2.13. The number of unbranched alkanes of at least 4 members (excludes halogenated alkanes) is 1. The Hall–Kier alpha value is -1.58. The highest BCUT2D eigenvalue weighted by atomic mass is 16.2. The number of aryl methyl sites for hydroxylation is 2. The van der Waals surface area contributed by atoms with Gasteiger partial charge in [-0.25, -0.2) is 0 Å². The normalized spacial score (nSPS) is 14.1. The quantitative estimate of drug-likeness (QED) is 0.798. The van der Waals surface area contributed by atoms with Crippen molar-refractivity contribution in [2.75, 3.05) is 6.54 Å². The van der Waals surface area contributed by atoms with E-state index in [1.54, 1.807) is 6.07 Å². The van der Waals surface area contributed by atoms with Gasteiger partial charge in [-0.3, -0.25) is 9.59 Å². The second-order valence-corrected chi connectivity index (χ2v) is 4.83. The number of pyridine rings is 1. The Morgan fingerprint density at radius 2 is 2.17 bits per heavy atom. The van der Waals surface area contributed by atoms with Gasteiger partial charge in [-0.15, -0.1) is 0 Å². The molecule has 2 rings (SSSR count). The van der Waals surface area contributed by atoms with E-state index < -0.39 is 0 Å². The van der Waals surface area contributed by atoms with Crippen LogP contribution in [0.25, 0.3) is 0 Å². The average molecular weight is 248 g/mol. The van der Waals surface area contributed by atoms with Gasteiger partial charge in [-0.05, 0) is 43.7 Å². The zero-order valence-electron chi connectivity index (χ0n) is 10.8. The molecule has 0 spiro atoms. The number of hydrogen-bond donors (Lipinski definition) is 2. The summed E-state index contributed by atoms with van der Waals surface area (Å²) in [6.07, 6.45) is 6.10. The Bertz CT molecular complexity index is 491. The number of hydrogen-bond acceptors (Lipinski definition) is 2. The van der Waals surface area contributed by atoms with Crippen molar-refractivity contribution >= 4 is 5.91 Å². The van der Waals surface area contributed by atoms with E-state index in [2.05, 4.69) is 17.2 Å². The van der Waals surface area contributed by atoms with Gasteiger partial charge in [-0.1, -0.05) is 13.3 Å². The Morgan fingerprint density at radius 1 is 1.39 bits per heavy atom. The Kier molecular flexibility index (Phi) is 4.18. The van der Waals surface area contributed by atoms with Gasteiger partial charge in [-0.2, -0.15) is 0 Å². The molecule has 0 bridgehead atoms. The van der Waals surface area contributed by atoms with Crippen molar-refractivity contribution in [3.8, 4) is 0 Å². The first kappa shape index (κ1) is 12.9. The van der Waals surface area contributed by atoms with Crippen LogP contribution in [0.15, 0.2) is 10.9 Å². The van der Waals surface area contributed by atoms with E-state index in [-0.39, 0.29) is 17.0 Å². The molecule has 2 N–H and O–H groups in total. The standard InChI is InChI=1S/C14H20N2O2/c1-2-3-8-15-13(17)11-9-10-6-4-5-7-12(10)16-14(11)18/h9H,2-8H2,1H3,(H,15,17)(H,16,18). The van der Waals surface area contributed by atoms with Crippen LogP contribution in [0.5, 0.6) is 0 Å². The molecule has 18 heavy (non-hydrogen) atoms. The van der Waals surface area contributed by atoms with Gasteiger partial charge in [0.2, 0.25) is 0 Å². The first-order chi connectivity index (χ1) is 8.72. The zero-order valence-corrected chi connectivity index (χ0v) is 10.8. The maximum atomic E-state index is 11.9. The first-order valence-corrected chi connectivity index (χ1v) is 6.75. The molecule has 0 unspecified atom stereocenters. The molecule has 1 aliphatic carbocycles. The third kappa shape index (κ3) is 2.81. The Morgan fingerprint density at radius 3 is 2.94 bits per heavy atom. The van der Waals surface area contributed by atoms with Crippen molar-refractivity contribution in [2.24, 2.45) is 0 Å². The summed E-state index contributed by atoms with van der Waals surface area (Å²) in [6.45, 7) is 2.70. The molecular formula is C14H20N2O2. The van der Waals surface area contributed by atoms with Gasteiger partial charge in [0.15, 0.2) is 0 Å². The van der Waals surface area contributed by atoms with Crippen LogP contribution in [0.4, 0.5) is 0 Å². The summed E-state index contributed by atoms with van der Waals surface area (Å²) in [4.78, 5) is 26.6. The van der Waals surface area contributed by atoms with Crippen LogP contribution in [0.1, 0.15) is 54.2 Å². The molecule has 0 saturated heterocycles. The summed E-state index contributed by atoms with van der Waals surface area (Å²) in [6, 6.07) is 1.77. The fraction of sp³-hybridized carbons (Fsp3) is 0.571. The topological polar surface area (TPSA) is 62.0 Å². The Balaban J connectivity index is 2.17. The van der Waals surface area contributed by atoms with Crippen LogP contribution >= 0.6 is 0 Å². The fourth-order valence-corrected chi connectivity index (χ4v) is 2.32. The van der Waals surface area contributed by atoms with E-state index >= 15 is 0 Å². The minimum Gasteiger partial charge on any atom is -0.352 e. The number of aromatic amines is 1. The molecule has 4 nitrogen and oxygen atoms in total. The van der Waals surface area contributed by atoms with E-state index in [0.29, 0.717) is 6.54 Å².